The standard InChI is InChI=1S/C9H12.C8H9Cl.C2H6/c1-3-9-6-4-5-8(2)7-9;1-2-7-5-3-4-6-8(7)9;1-2/h4-7H,3H2,1-2H3;3-6H,2H2,1H3;1-2H3. The Morgan fingerprint density at radius 2 is 1.50 bits per heavy atom. The van der Waals surface area contributed by atoms with E-state index in [-0.39, 0.29) is 0 Å². The fraction of sp³-hybridized carbons (Fsp3) is 0.368. The molecule has 0 saturated carbocycles. The van der Waals surface area contributed by atoms with Crippen LogP contribution in [0.1, 0.15) is 44.4 Å². The quantitative estimate of drug-likeness (QED) is 0.593. The Bertz CT molecular complexity index is 475. The molecule has 0 atom stereocenters. The predicted octanol–water partition coefficient (Wildman–Crippen LogP) is 6.49. The number of halogens is 1. The van der Waals surface area contributed by atoms with E-state index in [2.05, 4.69) is 45.0 Å². The third kappa shape index (κ3) is 7.35. The van der Waals surface area contributed by atoms with Gasteiger partial charge < -0.3 is 0 Å². The lowest BCUT2D eigenvalue weighted by Crippen LogP contribution is -1.78. The lowest BCUT2D eigenvalue weighted by Gasteiger charge is -1.96. The van der Waals surface area contributed by atoms with Crippen molar-refractivity contribution < 1.29 is 0 Å². The third-order valence-corrected chi connectivity index (χ3v) is 3.20. The smallest absolute Gasteiger partial charge is 0.0437 e. The Morgan fingerprint density at radius 1 is 0.850 bits per heavy atom. The third-order valence-electron chi connectivity index (χ3n) is 2.83. The number of hydrogen-bond donors (Lipinski definition) is 0. The highest BCUT2D eigenvalue weighted by Crippen LogP contribution is 2.14. The summed E-state index contributed by atoms with van der Waals surface area (Å²) < 4.78 is 0. The van der Waals surface area contributed by atoms with Crippen LogP contribution >= 0.6 is 11.6 Å². The van der Waals surface area contributed by atoms with Crippen LogP contribution in [0.25, 0.3) is 0 Å². The molecule has 0 heterocycles. The molecule has 0 saturated heterocycles. The lowest BCUT2D eigenvalue weighted by molar-refractivity contribution is 1.13. The summed E-state index contributed by atoms with van der Waals surface area (Å²) in [6.07, 6.45) is 2.15. The molecule has 0 radical (unpaired) electrons. The van der Waals surface area contributed by atoms with Gasteiger partial charge in [-0.3, -0.25) is 0 Å². The molecule has 20 heavy (non-hydrogen) atoms. The molecule has 0 fully saturated rings. The zero-order chi connectivity index (χ0) is 15.4. The van der Waals surface area contributed by atoms with Gasteiger partial charge in [0.25, 0.3) is 0 Å². The van der Waals surface area contributed by atoms with Gasteiger partial charge in [-0.25, -0.2) is 0 Å². The first-order valence-corrected chi connectivity index (χ1v) is 7.84. The summed E-state index contributed by atoms with van der Waals surface area (Å²) in [5.74, 6) is 0. The summed E-state index contributed by atoms with van der Waals surface area (Å²) in [6, 6.07) is 16.5. The molecule has 0 aliphatic heterocycles. The first-order valence-electron chi connectivity index (χ1n) is 7.46. The van der Waals surface area contributed by atoms with E-state index in [4.69, 9.17) is 11.6 Å². The molecule has 0 aliphatic rings. The van der Waals surface area contributed by atoms with E-state index in [0.717, 1.165) is 17.9 Å². The van der Waals surface area contributed by atoms with Gasteiger partial charge in [0, 0.05) is 5.02 Å². The molecule has 0 unspecified atom stereocenters. The fourth-order valence-corrected chi connectivity index (χ4v) is 1.99. The van der Waals surface area contributed by atoms with Gasteiger partial charge in [-0.05, 0) is 37.0 Å². The van der Waals surface area contributed by atoms with E-state index in [1.165, 1.54) is 16.7 Å². The fourth-order valence-electron chi connectivity index (χ4n) is 1.72. The molecule has 110 valence electrons. The molecule has 0 bridgehead atoms. The molecule has 1 heteroatoms. The second-order valence-electron chi connectivity index (χ2n) is 4.29. The SMILES string of the molecule is CC.CCc1cccc(C)c1.CCc1ccccc1Cl. The Labute approximate surface area is 129 Å². The van der Waals surface area contributed by atoms with Crippen molar-refractivity contribution in [1.29, 1.82) is 0 Å². The van der Waals surface area contributed by atoms with Crippen LogP contribution in [0.15, 0.2) is 48.5 Å². The molecule has 0 N–H and O–H groups in total. The molecular formula is C19H27Cl. The second kappa shape index (κ2) is 11.5. The van der Waals surface area contributed by atoms with Crippen molar-refractivity contribution in [2.75, 3.05) is 0 Å². The van der Waals surface area contributed by atoms with Crippen molar-refractivity contribution in [1.82, 2.24) is 0 Å². The van der Waals surface area contributed by atoms with E-state index in [1.807, 2.05) is 38.1 Å². The van der Waals surface area contributed by atoms with Crippen molar-refractivity contribution in [2.24, 2.45) is 0 Å². The van der Waals surface area contributed by atoms with Gasteiger partial charge in [-0.1, -0.05) is 87.3 Å². The predicted molar refractivity (Wildman–Crippen MR) is 92.7 cm³/mol. The summed E-state index contributed by atoms with van der Waals surface area (Å²) in [5, 5.41) is 0.875. The molecule has 0 amide bonds. The van der Waals surface area contributed by atoms with E-state index in [0.29, 0.717) is 0 Å². The molecule has 0 nitrogen and oxygen atoms in total. The van der Waals surface area contributed by atoms with E-state index in [9.17, 15) is 0 Å². The largest absolute Gasteiger partial charge is 0.0840 e. The van der Waals surface area contributed by atoms with E-state index < -0.39 is 0 Å². The summed E-state index contributed by atoms with van der Waals surface area (Å²) >= 11 is 5.82. The Hall–Kier alpha value is -1.27. The minimum atomic E-state index is 0.875. The summed E-state index contributed by atoms with van der Waals surface area (Å²) in [6.45, 7) is 10.4. The van der Waals surface area contributed by atoms with Crippen molar-refractivity contribution in [3.8, 4) is 0 Å². The van der Waals surface area contributed by atoms with Crippen LogP contribution in [0, 0.1) is 6.92 Å². The zero-order valence-corrected chi connectivity index (χ0v) is 14.2. The minimum Gasteiger partial charge on any atom is -0.0840 e. The molecular weight excluding hydrogens is 264 g/mol. The first kappa shape index (κ1) is 18.7. The van der Waals surface area contributed by atoms with Crippen molar-refractivity contribution in [2.45, 2.75) is 47.5 Å². The van der Waals surface area contributed by atoms with Crippen LogP contribution in [0.2, 0.25) is 5.02 Å². The Kier molecular flexibility index (Phi) is 10.8. The van der Waals surface area contributed by atoms with E-state index >= 15 is 0 Å². The topological polar surface area (TPSA) is 0 Å². The minimum absolute atomic E-state index is 0.875. The van der Waals surface area contributed by atoms with Crippen molar-refractivity contribution >= 4 is 11.6 Å². The lowest BCUT2D eigenvalue weighted by atomic mass is 10.1. The number of aryl methyl sites for hydroxylation is 3. The van der Waals surface area contributed by atoms with Gasteiger partial charge in [-0.2, -0.15) is 0 Å². The highest BCUT2D eigenvalue weighted by atomic mass is 35.5. The monoisotopic (exact) mass is 290 g/mol. The van der Waals surface area contributed by atoms with Gasteiger partial charge in [0.05, 0.1) is 0 Å². The molecule has 0 spiro atoms. The Morgan fingerprint density at radius 3 is 1.90 bits per heavy atom. The second-order valence-corrected chi connectivity index (χ2v) is 4.69. The molecule has 0 aromatic heterocycles. The maximum atomic E-state index is 5.82. The average Bonchev–Trinajstić information content (AvgIpc) is 2.50. The van der Waals surface area contributed by atoms with Gasteiger partial charge in [0.1, 0.15) is 0 Å². The zero-order valence-electron chi connectivity index (χ0n) is 13.4. The summed E-state index contributed by atoms with van der Waals surface area (Å²) in [7, 11) is 0. The molecule has 2 rings (SSSR count). The number of rotatable bonds is 2. The van der Waals surface area contributed by atoms with Crippen molar-refractivity contribution in [3.63, 3.8) is 0 Å². The van der Waals surface area contributed by atoms with Crippen molar-refractivity contribution in [3.05, 3.63) is 70.2 Å². The maximum absolute atomic E-state index is 5.82. The van der Waals surface area contributed by atoms with Crippen LogP contribution < -0.4 is 0 Å². The molecule has 2 aromatic carbocycles. The highest BCUT2D eigenvalue weighted by molar-refractivity contribution is 6.31. The average molecular weight is 291 g/mol. The number of benzene rings is 2. The van der Waals surface area contributed by atoms with E-state index in [1.54, 1.807) is 0 Å². The summed E-state index contributed by atoms with van der Waals surface area (Å²) in [4.78, 5) is 0. The Balaban J connectivity index is 0.000000321. The van der Waals surface area contributed by atoms with Crippen LogP contribution in [0.5, 0.6) is 0 Å². The molecule has 2 aromatic rings. The normalized spacial score (nSPS) is 8.90. The van der Waals surface area contributed by atoms with Gasteiger partial charge in [-0.15, -0.1) is 0 Å². The maximum Gasteiger partial charge on any atom is 0.0437 e. The van der Waals surface area contributed by atoms with Crippen LogP contribution in [0.4, 0.5) is 0 Å². The highest BCUT2D eigenvalue weighted by Gasteiger charge is 1.91. The van der Waals surface area contributed by atoms with Crippen LogP contribution in [-0.2, 0) is 12.8 Å². The first-order chi connectivity index (χ1) is 9.67. The van der Waals surface area contributed by atoms with Crippen LogP contribution in [-0.4, -0.2) is 0 Å². The van der Waals surface area contributed by atoms with Gasteiger partial charge in [0.2, 0.25) is 0 Å². The van der Waals surface area contributed by atoms with Crippen LogP contribution in [0.3, 0.4) is 0 Å². The van der Waals surface area contributed by atoms with Gasteiger partial charge in [0.15, 0.2) is 0 Å². The molecule has 0 aliphatic carbocycles. The van der Waals surface area contributed by atoms with Gasteiger partial charge >= 0.3 is 0 Å². The summed E-state index contributed by atoms with van der Waals surface area (Å²) in [5.41, 5.74) is 4.00. The number of hydrogen-bond acceptors (Lipinski definition) is 0.